The molecule has 3 rings (SSSR count). The zero-order valence-corrected chi connectivity index (χ0v) is 15.3. The zero-order chi connectivity index (χ0) is 16.3. The maximum Gasteiger partial charge on any atom is 0.250 e. The van der Waals surface area contributed by atoms with E-state index in [1.54, 1.807) is 17.4 Å². The van der Waals surface area contributed by atoms with Crippen molar-refractivity contribution in [1.29, 1.82) is 0 Å². The van der Waals surface area contributed by atoms with Gasteiger partial charge < -0.3 is 4.74 Å². The third-order valence-electron chi connectivity index (χ3n) is 3.86. The van der Waals surface area contributed by atoms with E-state index in [1.165, 1.54) is 11.3 Å². The smallest absolute Gasteiger partial charge is 0.250 e. The SMILES string of the molecule is Cc1ccc(S(=O)(=O)NC[C@@H](c2ccsc2)N2CCOCC2)s1. The van der Waals surface area contributed by atoms with Gasteiger partial charge in [0.05, 0.1) is 13.2 Å². The fraction of sp³-hybridized carbons (Fsp3) is 0.467. The van der Waals surface area contributed by atoms with Crippen LogP contribution in [0, 0.1) is 6.92 Å². The van der Waals surface area contributed by atoms with Gasteiger partial charge in [-0.05, 0) is 41.4 Å². The number of thiophene rings is 2. The molecule has 5 nitrogen and oxygen atoms in total. The Kier molecular flexibility index (Phi) is 5.50. The van der Waals surface area contributed by atoms with Crippen molar-refractivity contribution in [3.05, 3.63) is 39.4 Å². The number of sulfonamides is 1. The summed E-state index contributed by atoms with van der Waals surface area (Å²) in [6, 6.07) is 5.60. The topological polar surface area (TPSA) is 58.6 Å². The van der Waals surface area contributed by atoms with E-state index in [-0.39, 0.29) is 6.04 Å². The molecule has 1 N–H and O–H groups in total. The standard InChI is InChI=1S/C15H20N2O3S3/c1-12-2-3-15(22-12)23(18,19)16-10-14(13-4-9-21-11-13)17-5-7-20-8-6-17/h2-4,9,11,14,16H,5-8,10H2,1H3/t14-/m0/s1. The first-order valence-corrected chi connectivity index (χ1v) is 10.7. The number of hydrogen-bond acceptors (Lipinski definition) is 6. The van der Waals surface area contributed by atoms with Crippen LogP contribution < -0.4 is 4.72 Å². The van der Waals surface area contributed by atoms with Gasteiger partial charge in [0.25, 0.3) is 0 Å². The van der Waals surface area contributed by atoms with Crippen molar-refractivity contribution < 1.29 is 13.2 Å². The predicted molar refractivity (Wildman–Crippen MR) is 93.7 cm³/mol. The quantitative estimate of drug-likeness (QED) is 0.846. The monoisotopic (exact) mass is 372 g/mol. The molecule has 1 fully saturated rings. The molecule has 3 heterocycles. The Morgan fingerprint density at radius 3 is 2.70 bits per heavy atom. The highest BCUT2D eigenvalue weighted by Crippen LogP contribution is 2.25. The lowest BCUT2D eigenvalue weighted by Crippen LogP contribution is -2.43. The van der Waals surface area contributed by atoms with Crippen LogP contribution in [0.1, 0.15) is 16.5 Å². The van der Waals surface area contributed by atoms with Gasteiger partial charge in [-0.15, -0.1) is 11.3 Å². The van der Waals surface area contributed by atoms with E-state index < -0.39 is 10.0 Å². The van der Waals surface area contributed by atoms with Gasteiger partial charge in [-0.25, -0.2) is 13.1 Å². The Bertz CT molecular complexity index is 719. The fourth-order valence-electron chi connectivity index (χ4n) is 2.63. The molecule has 0 aliphatic carbocycles. The Labute approximate surface area is 145 Å². The normalized spacial score (nSPS) is 18.1. The second kappa shape index (κ2) is 7.42. The van der Waals surface area contributed by atoms with Gasteiger partial charge in [0, 0.05) is 30.6 Å². The van der Waals surface area contributed by atoms with Crippen molar-refractivity contribution in [2.24, 2.45) is 0 Å². The second-order valence-corrected chi connectivity index (χ2v) is 9.50. The molecular formula is C15H20N2O3S3. The second-order valence-electron chi connectivity index (χ2n) is 5.44. The summed E-state index contributed by atoms with van der Waals surface area (Å²) < 4.78 is 33.5. The molecule has 2 aromatic rings. The van der Waals surface area contributed by atoms with Crippen molar-refractivity contribution in [2.45, 2.75) is 17.2 Å². The minimum atomic E-state index is -3.45. The average molecular weight is 373 g/mol. The predicted octanol–water partition coefficient (Wildman–Crippen LogP) is 2.47. The zero-order valence-electron chi connectivity index (χ0n) is 12.9. The first kappa shape index (κ1) is 17.1. The van der Waals surface area contributed by atoms with Crippen molar-refractivity contribution in [3.63, 3.8) is 0 Å². The Hall–Kier alpha value is -0.770. The molecule has 0 unspecified atom stereocenters. The molecule has 0 amide bonds. The number of ether oxygens (including phenoxy) is 1. The number of nitrogens with zero attached hydrogens (tertiary/aromatic N) is 1. The molecular weight excluding hydrogens is 352 g/mol. The molecule has 0 saturated carbocycles. The van der Waals surface area contributed by atoms with E-state index in [2.05, 4.69) is 21.1 Å². The summed E-state index contributed by atoms with van der Waals surface area (Å²) in [5, 5.41) is 4.11. The van der Waals surface area contributed by atoms with Crippen LogP contribution in [0.4, 0.5) is 0 Å². The summed E-state index contributed by atoms with van der Waals surface area (Å²) in [6.45, 7) is 5.30. The molecule has 1 aliphatic heterocycles. The van der Waals surface area contributed by atoms with Gasteiger partial charge in [0.15, 0.2) is 0 Å². The molecule has 126 valence electrons. The summed E-state index contributed by atoms with van der Waals surface area (Å²) in [7, 11) is -3.45. The maximum atomic E-state index is 12.5. The molecule has 0 bridgehead atoms. The molecule has 1 aliphatic rings. The fourth-order valence-corrected chi connectivity index (χ4v) is 5.70. The van der Waals surface area contributed by atoms with Gasteiger partial charge >= 0.3 is 0 Å². The average Bonchev–Trinajstić information content (AvgIpc) is 3.20. The van der Waals surface area contributed by atoms with E-state index in [4.69, 9.17) is 4.74 Å². The number of hydrogen-bond donors (Lipinski definition) is 1. The molecule has 0 spiro atoms. The van der Waals surface area contributed by atoms with Crippen LogP contribution in [0.25, 0.3) is 0 Å². The Morgan fingerprint density at radius 1 is 1.30 bits per heavy atom. The van der Waals surface area contributed by atoms with Gasteiger partial charge in [-0.2, -0.15) is 11.3 Å². The van der Waals surface area contributed by atoms with Gasteiger partial charge in [0.2, 0.25) is 10.0 Å². The Morgan fingerprint density at radius 2 is 2.09 bits per heavy atom. The summed E-state index contributed by atoms with van der Waals surface area (Å²) >= 11 is 2.93. The minimum Gasteiger partial charge on any atom is -0.379 e. The summed E-state index contributed by atoms with van der Waals surface area (Å²) in [5.74, 6) is 0. The molecule has 1 saturated heterocycles. The first-order chi connectivity index (χ1) is 11.1. The molecule has 2 aromatic heterocycles. The van der Waals surface area contributed by atoms with Gasteiger partial charge in [-0.3, -0.25) is 4.90 Å². The van der Waals surface area contributed by atoms with Gasteiger partial charge in [0.1, 0.15) is 4.21 Å². The summed E-state index contributed by atoms with van der Waals surface area (Å²) in [6.07, 6.45) is 0. The van der Waals surface area contributed by atoms with Crippen LogP contribution in [-0.4, -0.2) is 46.2 Å². The van der Waals surface area contributed by atoms with E-state index in [9.17, 15) is 8.42 Å². The molecule has 1 atom stereocenters. The molecule has 23 heavy (non-hydrogen) atoms. The van der Waals surface area contributed by atoms with Crippen LogP contribution in [-0.2, 0) is 14.8 Å². The number of morpholine rings is 1. The largest absolute Gasteiger partial charge is 0.379 e. The summed E-state index contributed by atoms with van der Waals surface area (Å²) in [4.78, 5) is 3.28. The molecule has 0 aromatic carbocycles. The van der Waals surface area contributed by atoms with Gasteiger partial charge in [-0.1, -0.05) is 0 Å². The highest BCUT2D eigenvalue weighted by Gasteiger charge is 2.25. The van der Waals surface area contributed by atoms with E-state index in [1.807, 2.05) is 18.4 Å². The first-order valence-electron chi connectivity index (χ1n) is 7.46. The lowest BCUT2D eigenvalue weighted by Gasteiger charge is -2.34. The van der Waals surface area contributed by atoms with Crippen molar-refractivity contribution in [2.75, 3.05) is 32.8 Å². The molecule has 8 heteroatoms. The lowest BCUT2D eigenvalue weighted by atomic mass is 10.1. The third-order valence-corrected chi connectivity index (χ3v) is 7.48. The molecule has 0 radical (unpaired) electrons. The van der Waals surface area contributed by atoms with E-state index >= 15 is 0 Å². The lowest BCUT2D eigenvalue weighted by molar-refractivity contribution is 0.0173. The summed E-state index contributed by atoms with van der Waals surface area (Å²) in [5.41, 5.74) is 1.15. The highest BCUT2D eigenvalue weighted by atomic mass is 32.2. The van der Waals surface area contributed by atoms with E-state index in [0.717, 1.165) is 23.5 Å². The van der Waals surface area contributed by atoms with Crippen LogP contribution >= 0.6 is 22.7 Å². The van der Waals surface area contributed by atoms with Crippen molar-refractivity contribution >= 4 is 32.7 Å². The number of nitrogens with one attached hydrogen (secondary N) is 1. The van der Waals surface area contributed by atoms with Crippen LogP contribution in [0.2, 0.25) is 0 Å². The minimum absolute atomic E-state index is 0.0426. The van der Waals surface area contributed by atoms with Crippen LogP contribution in [0.5, 0.6) is 0 Å². The number of aryl methyl sites for hydroxylation is 1. The van der Waals surface area contributed by atoms with Crippen molar-refractivity contribution in [3.8, 4) is 0 Å². The van der Waals surface area contributed by atoms with E-state index in [0.29, 0.717) is 24.0 Å². The van der Waals surface area contributed by atoms with Crippen LogP contribution in [0.3, 0.4) is 0 Å². The number of rotatable bonds is 6. The van der Waals surface area contributed by atoms with Crippen LogP contribution in [0.15, 0.2) is 33.2 Å². The maximum absolute atomic E-state index is 12.5. The third kappa shape index (κ3) is 4.20. The van der Waals surface area contributed by atoms with Crippen molar-refractivity contribution in [1.82, 2.24) is 9.62 Å². The Balaban J connectivity index is 1.73. The highest BCUT2D eigenvalue weighted by molar-refractivity contribution is 7.91.